The molecule has 4 rings (SSSR count). The summed E-state index contributed by atoms with van der Waals surface area (Å²) >= 11 is 3.53. The topological polar surface area (TPSA) is 12.4 Å². The molecule has 0 heterocycles. The highest BCUT2D eigenvalue weighted by Gasteiger charge is 2.57. The predicted octanol–water partition coefficient (Wildman–Crippen LogP) is 8.17. The minimum atomic E-state index is 0.411. The summed E-state index contributed by atoms with van der Waals surface area (Å²) < 4.78 is 0. The Morgan fingerprint density at radius 3 is 2.34 bits per heavy atom. The average molecular weight is 418 g/mol. The molecule has 1 nitrogen and oxygen atoms in total. The number of aliphatic imine (C=N–C) groups is 1. The SMILES string of the molecule is C=C(C)CC1CCC2(C)C(=CCC3C2CCC2(C)C(=NC)CCC32)C1.CC.CS. The molecule has 166 valence electrons. The van der Waals surface area contributed by atoms with E-state index in [4.69, 9.17) is 4.99 Å². The summed E-state index contributed by atoms with van der Waals surface area (Å²) in [6, 6.07) is 0. The molecule has 0 aromatic rings. The molecule has 0 N–H and O–H groups in total. The second-order valence-electron chi connectivity index (χ2n) is 10.2. The summed E-state index contributed by atoms with van der Waals surface area (Å²) in [5.41, 5.74) is 5.61. The van der Waals surface area contributed by atoms with E-state index in [2.05, 4.69) is 46.1 Å². The van der Waals surface area contributed by atoms with Crippen molar-refractivity contribution in [2.45, 2.75) is 92.4 Å². The van der Waals surface area contributed by atoms with E-state index in [1.165, 1.54) is 69.1 Å². The Morgan fingerprint density at radius 1 is 1.10 bits per heavy atom. The molecular weight excluding hydrogens is 370 g/mol. The first-order valence-corrected chi connectivity index (χ1v) is 13.0. The van der Waals surface area contributed by atoms with Crippen molar-refractivity contribution in [2.24, 2.45) is 39.5 Å². The molecule has 0 radical (unpaired) electrons. The molecule has 3 fully saturated rings. The van der Waals surface area contributed by atoms with Crippen molar-refractivity contribution in [1.82, 2.24) is 0 Å². The van der Waals surface area contributed by atoms with Crippen molar-refractivity contribution in [2.75, 3.05) is 13.3 Å². The van der Waals surface area contributed by atoms with E-state index in [1.807, 2.05) is 26.5 Å². The van der Waals surface area contributed by atoms with Crippen LogP contribution in [0.3, 0.4) is 0 Å². The lowest BCUT2D eigenvalue weighted by Crippen LogP contribution is -2.50. The lowest BCUT2D eigenvalue weighted by Gasteiger charge is -2.57. The number of nitrogens with zero attached hydrogens (tertiary/aromatic N) is 1. The van der Waals surface area contributed by atoms with Gasteiger partial charge in [-0.2, -0.15) is 12.6 Å². The minimum Gasteiger partial charge on any atom is -0.297 e. The first kappa shape index (κ1) is 24.8. The molecule has 6 atom stereocenters. The van der Waals surface area contributed by atoms with Crippen LogP contribution in [0.5, 0.6) is 0 Å². The van der Waals surface area contributed by atoms with Crippen LogP contribution in [0.15, 0.2) is 28.8 Å². The summed E-state index contributed by atoms with van der Waals surface area (Å²) in [6.45, 7) is 15.5. The van der Waals surface area contributed by atoms with E-state index < -0.39 is 0 Å². The van der Waals surface area contributed by atoms with Gasteiger partial charge in [-0.05, 0) is 100 Å². The van der Waals surface area contributed by atoms with Crippen LogP contribution >= 0.6 is 12.6 Å². The summed E-state index contributed by atoms with van der Waals surface area (Å²) in [7, 11) is 2.03. The van der Waals surface area contributed by atoms with E-state index in [9.17, 15) is 0 Å². The van der Waals surface area contributed by atoms with Gasteiger partial charge in [0.15, 0.2) is 0 Å². The van der Waals surface area contributed by atoms with Crippen LogP contribution in [-0.4, -0.2) is 19.0 Å². The maximum absolute atomic E-state index is 4.71. The number of hydrogen-bond donors (Lipinski definition) is 1. The highest BCUT2D eigenvalue weighted by molar-refractivity contribution is 7.79. The first-order chi connectivity index (χ1) is 13.9. The summed E-state index contributed by atoms with van der Waals surface area (Å²) in [4.78, 5) is 4.71. The van der Waals surface area contributed by atoms with Crippen molar-refractivity contribution in [1.29, 1.82) is 0 Å². The molecule has 6 unspecified atom stereocenters. The van der Waals surface area contributed by atoms with Crippen molar-refractivity contribution in [3.8, 4) is 0 Å². The largest absolute Gasteiger partial charge is 0.297 e. The number of allylic oxidation sites excluding steroid dienone is 3. The fourth-order valence-electron chi connectivity index (χ4n) is 7.56. The predicted molar refractivity (Wildman–Crippen MR) is 134 cm³/mol. The molecular formula is C27H47NS. The van der Waals surface area contributed by atoms with Crippen LogP contribution in [0.1, 0.15) is 92.4 Å². The Hall–Kier alpha value is -0.500. The lowest BCUT2D eigenvalue weighted by molar-refractivity contribution is -0.0111. The Balaban J connectivity index is 0.000000707. The van der Waals surface area contributed by atoms with Gasteiger partial charge < -0.3 is 0 Å². The van der Waals surface area contributed by atoms with Crippen molar-refractivity contribution < 1.29 is 0 Å². The van der Waals surface area contributed by atoms with Crippen LogP contribution in [-0.2, 0) is 0 Å². The van der Waals surface area contributed by atoms with Gasteiger partial charge in [0.25, 0.3) is 0 Å². The molecule has 29 heavy (non-hydrogen) atoms. The molecule has 0 bridgehead atoms. The Labute approximate surface area is 187 Å². The zero-order valence-corrected chi connectivity index (χ0v) is 21.2. The van der Waals surface area contributed by atoms with Crippen molar-refractivity contribution >= 4 is 18.3 Å². The van der Waals surface area contributed by atoms with Gasteiger partial charge in [0.1, 0.15) is 0 Å². The number of thiol groups is 1. The number of hydrogen-bond acceptors (Lipinski definition) is 2. The molecule has 4 aliphatic carbocycles. The van der Waals surface area contributed by atoms with Gasteiger partial charge in [-0.3, -0.25) is 4.99 Å². The zero-order chi connectivity index (χ0) is 21.8. The first-order valence-electron chi connectivity index (χ1n) is 12.1. The third-order valence-electron chi connectivity index (χ3n) is 8.85. The fourth-order valence-corrected chi connectivity index (χ4v) is 7.56. The van der Waals surface area contributed by atoms with E-state index in [0.717, 1.165) is 23.7 Å². The van der Waals surface area contributed by atoms with Gasteiger partial charge in [0.2, 0.25) is 0 Å². The number of rotatable bonds is 2. The Morgan fingerprint density at radius 2 is 1.72 bits per heavy atom. The van der Waals surface area contributed by atoms with E-state index >= 15 is 0 Å². The minimum absolute atomic E-state index is 0.411. The van der Waals surface area contributed by atoms with Gasteiger partial charge in [-0.15, -0.1) is 6.58 Å². The van der Waals surface area contributed by atoms with E-state index in [1.54, 1.807) is 6.26 Å². The molecule has 4 aliphatic rings. The third kappa shape index (κ3) is 4.43. The summed E-state index contributed by atoms with van der Waals surface area (Å²) in [5.74, 6) is 3.57. The standard InChI is InChI=1S/C24H37N.C2H6.CH4S/c1-16(2)14-17-10-12-23(3)18(15-17)6-7-19-20-8-9-22(25-5)24(20,4)13-11-21(19)23;2*1-2/h6,17,19-21H,1,7-15H2,2-5H3;1-2H3;2H,1H3. The highest BCUT2D eigenvalue weighted by atomic mass is 32.1. The zero-order valence-electron chi connectivity index (χ0n) is 20.4. The average Bonchev–Trinajstić information content (AvgIpc) is 3.07. The highest BCUT2D eigenvalue weighted by Crippen LogP contribution is 2.64. The fraction of sp³-hybridized carbons (Fsp3) is 0.815. The van der Waals surface area contributed by atoms with Gasteiger partial charge in [-0.25, -0.2) is 0 Å². The smallest absolute Gasteiger partial charge is 0.0276 e. The molecule has 0 amide bonds. The Bertz CT molecular complexity index is 632. The second kappa shape index (κ2) is 10.2. The monoisotopic (exact) mass is 417 g/mol. The van der Waals surface area contributed by atoms with Crippen molar-refractivity contribution in [3.05, 3.63) is 23.8 Å². The summed E-state index contributed by atoms with van der Waals surface area (Å²) in [6.07, 6.45) is 16.6. The molecule has 2 heteroatoms. The normalized spacial score (nSPS) is 41.5. The lowest BCUT2D eigenvalue weighted by atomic mass is 9.47. The van der Waals surface area contributed by atoms with Crippen LogP contribution in [0, 0.1) is 34.5 Å². The molecule has 0 saturated heterocycles. The summed E-state index contributed by atoms with van der Waals surface area (Å²) in [5, 5.41) is 0. The van der Waals surface area contributed by atoms with Crippen LogP contribution in [0.25, 0.3) is 0 Å². The molecule has 0 aliphatic heterocycles. The van der Waals surface area contributed by atoms with Gasteiger partial charge in [-0.1, -0.05) is 44.9 Å². The van der Waals surface area contributed by atoms with Crippen LogP contribution < -0.4 is 0 Å². The van der Waals surface area contributed by atoms with Crippen LogP contribution in [0.4, 0.5) is 0 Å². The maximum Gasteiger partial charge on any atom is 0.0276 e. The molecule has 0 spiro atoms. The molecule has 0 aromatic heterocycles. The van der Waals surface area contributed by atoms with Crippen LogP contribution in [0.2, 0.25) is 0 Å². The van der Waals surface area contributed by atoms with E-state index in [0.29, 0.717) is 10.8 Å². The van der Waals surface area contributed by atoms with Gasteiger partial charge >= 0.3 is 0 Å². The third-order valence-corrected chi connectivity index (χ3v) is 8.85. The molecule has 3 saturated carbocycles. The Kier molecular flexibility index (Phi) is 8.72. The van der Waals surface area contributed by atoms with Gasteiger partial charge in [0.05, 0.1) is 0 Å². The second-order valence-corrected chi connectivity index (χ2v) is 10.2. The number of fused-ring (bicyclic) bond motifs is 5. The van der Waals surface area contributed by atoms with Crippen molar-refractivity contribution in [3.63, 3.8) is 0 Å². The molecule has 0 aromatic carbocycles. The quantitative estimate of drug-likeness (QED) is 0.343. The van der Waals surface area contributed by atoms with E-state index in [-0.39, 0.29) is 0 Å². The maximum atomic E-state index is 4.71. The van der Waals surface area contributed by atoms with Gasteiger partial charge in [0, 0.05) is 18.2 Å².